The maximum atomic E-state index is 13.9. The summed E-state index contributed by atoms with van der Waals surface area (Å²) in [5.41, 5.74) is 14.9. The zero-order valence-electron chi connectivity index (χ0n) is 21.6. The molecule has 0 radical (unpaired) electrons. The zero-order valence-corrected chi connectivity index (χ0v) is 23.9. The SMILES string of the molecule is CN(Cc1ccccc1)C(=O)C(NC(=O)C(c1ccccc1)c1ccccc1)c1cccc(N=C(N)N)c1.I. The van der Waals surface area contributed by atoms with E-state index in [1.807, 2.05) is 91.0 Å². The number of benzene rings is 4. The first-order valence-electron chi connectivity index (χ1n) is 12.3. The highest BCUT2D eigenvalue weighted by atomic mass is 127. The lowest BCUT2D eigenvalue weighted by Crippen LogP contribution is -2.42. The lowest BCUT2D eigenvalue weighted by Gasteiger charge is -2.27. The van der Waals surface area contributed by atoms with Crippen LogP contribution in [0.1, 0.15) is 34.2 Å². The summed E-state index contributed by atoms with van der Waals surface area (Å²) >= 11 is 0. The van der Waals surface area contributed by atoms with Gasteiger partial charge in [0.2, 0.25) is 11.8 Å². The number of carbonyl (C=O) groups excluding carboxylic acids is 2. The summed E-state index contributed by atoms with van der Waals surface area (Å²) in [7, 11) is 1.72. The fraction of sp³-hybridized carbons (Fsp3) is 0.129. The molecule has 0 aliphatic carbocycles. The maximum absolute atomic E-state index is 13.9. The van der Waals surface area contributed by atoms with Crippen molar-refractivity contribution in [3.8, 4) is 0 Å². The van der Waals surface area contributed by atoms with Crippen molar-refractivity contribution >= 4 is 47.4 Å². The molecule has 1 unspecified atom stereocenters. The molecule has 39 heavy (non-hydrogen) atoms. The monoisotopic (exact) mass is 633 g/mol. The molecule has 5 N–H and O–H groups in total. The minimum absolute atomic E-state index is 0. The van der Waals surface area contributed by atoms with E-state index in [4.69, 9.17) is 11.5 Å². The highest BCUT2D eigenvalue weighted by Crippen LogP contribution is 2.28. The average molecular weight is 634 g/mol. The maximum Gasteiger partial charge on any atom is 0.249 e. The van der Waals surface area contributed by atoms with Crippen LogP contribution in [0.3, 0.4) is 0 Å². The third kappa shape index (κ3) is 7.90. The van der Waals surface area contributed by atoms with E-state index < -0.39 is 12.0 Å². The van der Waals surface area contributed by atoms with Gasteiger partial charge in [-0.3, -0.25) is 9.59 Å². The summed E-state index contributed by atoms with van der Waals surface area (Å²) in [6.45, 7) is 0.389. The molecular weight excluding hydrogens is 601 g/mol. The third-order valence-corrected chi connectivity index (χ3v) is 6.16. The quantitative estimate of drug-likeness (QED) is 0.139. The number of halogens is 1. The molecule has 0 bridgehead atoms. The molecule has 1 atom stereocenters. The van der Waals surface area contributed by atoms with Crippen LogP contribution >= 0.6 is 24.0 Å². The van der Waals surface area contributed by atoms with Gasteiger partial charge in [0, 0.05) is 13.6 Å². The van der Waals surface area contributed by atoms with Gasteiger partial charge in [-0.2, -0.15) is 0 Å². The molecular formula is C31H32IN5O2. The molecule has 0 heterocycles. The van der Waals surface area contributed by atoms with Crippen molar-refractivity contribution in [3.63, 3.8) is 0 Å². The van der Waals surface area contributed by atoms with Crippen molar-refractivity contribution < 1.29 is 9.59 Å². The van der Waals surface area contributed by atoms with E-state index in [2.05, 4.69) is 10.3 Å². The second-order valence-corrected chi connectivity index (χ2v) is 9.01. The number of hydrogen-bond acceptors (Lipinski definition) is 3. The predicted octanol–water partition coefficient (Wildman–Crippen LogP) is 4.86. The molecule has 0 aromatic heterocycles. The van der Waals surface area contributed by atoms with Crippen LogP contribution in [-0.4, -0.2) is 29.7 Å². The fourth-order valence-corrected chi connectivity index (χ4v) is 4.38. The molecule has 0 fully saturated rings. The average Bonchev–Trinajstić information content (AvgIpc) is 2.93. The molecule has 0 aliphatic rings. The lowest BCUT2D eigenvalue weighted by molar-refractivity contribution is -0.136. The number of nitrogens with one attached hydrogen (secondary N) is 1. The second kappa shape index (κ2) is 14.1. The molecule has 0 spiro atoms. The van der Waals surface area contributed by atoms with E-state index in [9.17, 15) is 9.59 Å². The van der Waals surface area contributed by atoms with Crippen LogP contribution in [0.5, 0.6) is 0 Å². The highest BCUT2D eigenvalue weighted by molar-refractivity contribution is 14.0. The number of carbonyl (C=O) groups is 2. The van der Waals surface area contributed by atoms with Gasteiger partial charge in [-0.15, -0.1) is 24.0 Å². The molecule has 200 valence electrons. The Bertz CT molecular complexity index is 1350. The van der Waals surface area contributed by atoms with Crippen LogP contribution in [0, 0.1) is 0 Å². The van der Waals surface area contributed by atoms with Crippen LogP contribution in [0.25, 0.3) is 0 Å². The van der Waals surface area contributed by atoms with E-state index in [1.54, 1.807) is 36.2 Å². The summed E-state index contributed by atoms with van der Waals surface area (Å²) in [6.07, 6.45) is 0. The lowest BCUT2D eigenvalue weighted by atomic mass is 9.90. The summed E-state index contributed by atoms with van der Waals surface area (Å²) < 4.78 is 0. The van der Waals surface area contributed by atoms with Crippen LogP contribution < -0.4 is 16.8 Å². The van der Waals surface area contributed by atoms with Gasteiger partial charge in [0.15, 0.2) is 5.96 Å². The molecule has 4 rings (SSSR count). The number of nitrogens with two attached hydrogens (primary N) is 2. The predicted molar refractivity (Wildman–Crippen MR) is 166 cm³/mol. The molecule has 7 nitrogen and oxygen atoms in total. The van der Waals surface area contributed by atoms with Gasteiger partial charge < -0.3 is 21.7 Å². The number of likely N-dealkylation sites (N-methyl/N-ethyl adjacent to an activating group) is 1. The third-order valence-electron chi connectivity index (χ3n) is 6.16. The number of amides is 2. The van der Waals surface area contributed by atoms with Gasteiger partial charge >= 0.3 is 0 Å². The number of rotatable bonds is 9. The van der Waals surface area contributed by atoms with E-state index in [1.165, 1.54) is 0 Å². The van der Waals surface area contributed by atoms with E-state index in [0.29, 0.717) is 17.8 Å². The highest BCUT2D eigenvalue weighted by Gasteiger charge is 2.30. The Morgan fingerprint density at radius 2 is 1.28 bits per heavy atom. The smallest absolute Gasteiger partial charge is 0.249 e. The van der Waals surface area contributed by atoms with Gasteiger partial charge in [-0.1, -0.05) is 103 Å². The Morgan fingerprint density at radius 3 is 1.82 bits per heavy atom. The number of nitrogens with zero attached hydrogens (tertiary/aromatic N) is 2. The molecule has 4 aromatic rings. The largest absolute Gasteiger partial charge is 0.370 e. The van der Waals surface area contributed by atoms with Crippen molar-refractivity contribution in [2.75, 3.05) is 7.05 Å². The normalized spacial score (nSPS) is 11.1. The van der Waals surface area contributed by atoms with Crippen LogP contribution in [0.4, 0.5) is 5.69 Å². The van der Waals surface area contributed by atoms with Crippen LogP contribution in [-0.2, 0) is 16.1 Å². The number of guanidine groups is 1. The van der Waals surface area contributed by atoms with Crippen molar-refractivity contribution in [1.82, 2.24) is 10.2 Å². The Balaban J connectivity index is 0.00000420. The van der Waals surface area contributed by atoms with E-state index in [-0.39, 0.29) is 41.8 Å². The first kappa shape index (κ1) is 29.4. The van der Waals surface area contributed by atoms with Crippen LogP contribution in [0.2, 0.25) is 0 Å². The van der Waals surface area contributed by atoms with Crippen molar-refractivity contribution in [3.05, 3.63) is 138 Å². The first-order chi connectivity index (χ1) is 18.4. The molecule has 2 amide bonds. The van der Waals surface area contributed by atoms with Crippen molar-refractivity contribution in [1.29, 1.82) is 0 Å². The van der Waals surface area contributed by atoms with E-state index in [0.717, 1.165) is 16.7 Å². The van der Waals surface area contributed by atoms with Gasteiger partial charge in [-0.25, -0.2) is 4.99 Å². The minimum atomic E-state index is -0.958. The topological polar surface area (TPSA) is 114 Å². The van der Waals surface area contributed by atoms with Gasteiger partial charge in [0.25, 0.3) is 0 Å². The zero-order chi connectivity index (χ0) is 26.9. The van der Waals surface area contributed by atoms with E-state index >= 15 is 0 Å². The van der Waals surface area contributed by atoms with Gasteiger partial charge in [0.05, 0.1) is 11.6 Å². The number of aliphatic imine (C=N–C) groups is 1. The van der Waals surface area contributed by atoms with Gasteiger partial charge in [-0.05, 0) is 34.4 Å². The van der Waals surface area contributed by atoms with Crippen molar-refractivity contribution in [2.45, 2.75) is 18.5 Å². The first-order valence-corrected chi connectivity index (χ1v) is 12.3. The Labute approximate surface area is 246 Å². The Kier molecular flexibility index (Phi) is 10.6. The Hall–Kier alpha value is -4.18. The standard InChI is InChI=1S/C31H31N5O2.HI/c1-36(21-22-12-5-2-6-13-22)30(38)28(25-18-11-19-26(20-25)34-31(32)33)35-29(37)27(23-14-7-3-8-15-23)24-16-9-4-10-17-24;/h2-20,27-28H,21H2,1H3,(H,35,37)(H4,32,33,34);1H. The van der Waals surface area contributed by atoms with Crippen molar-refractivity contribution in [2.24, 2.45) is 16.5 Å². The van der Waals surface area contributed by atoms with Gasteiger partial charge in [0.1, 0.15) is 6.04 Å². The molecule has 4 aromatic carbocycles. The minimum Gasteiger partial charge on any atom is -0.370 e. The molecule has 0 saturated carbocycles. The second-order valence-electron chi connectivity index (χ2n) is 9.01. The summed E-state index contributed by atoms with van der Waals surface area (Å²) in [5.74, 6) is -1.25. The summed E-state index contributed by atoms with van der Waals surface area (Å²) in [6, 6.07) is 34.8. The number of hydrogen-bond donors (Lipinski definition) is 3. The molecule has 0 saturated heterocycles. The summed E-state index contributed by atoms with van der Waals surface area (Å²) in [4.78, 5) is 33.5. The Morgan fingerprint density at radius 1 is 0.769 bits per heavy atom. The molecule has 0 aliphatic heterocycles. The summed E-state index contributed by atoms with van der Waals surface area (Å²) in [5, 5.41) is 3.04. The van der Waals surface area contributed by atoms with Crippen LogP contribution in [0.15, 0.2) is 120 Å². The molecule has 8 heteroatoms. The fourth-order valence-electron chi connectivity index (χ4n) is 4.38.